The molecule has 1 atom stereocenters. The van der Waals surface area contributed by atoms with Crippen molar-refractivity contribution >= 4 is 5.91 Å². The molecule has 1 amide bonds. The fraction of sp³-hybridized carbons (Fsp3) is 0.474. The van der Waals surface area contributed by atoms with Crippen LogP contribution < -0.4 is 4.74 Å². The Labute approximate surface area is 148 Å². The molecule has 132 valence electrons. The van der Waals surface area contributed by atoms with Crippen LogP contribution in [-0.4, -0.2) is 58.3 Å². The Morgan fingerprint density at radius 1 is 1.24 bits per heavy atom. The van der Waals surface area contributed by atoms with Gasteiger partial charge in [0.1, 0.15) is 5.75 Å². The van der Waals surface area contributed by atoms with Gasteiger partial charge in [-0.3, -0.25) is 14.4 Å². The molecule has 6 nitrogen and oxygen atoms in total. The van der Waals surface area contributed by atoms with E-state index in [4.69, 9.17) is 4.74 Å². The summed E-state index contributed by atoms with van der Waals surface area (Å²) in [6.07, 6.45) is 4.43. The van der Waals surface area contributed by atoms with E-state index in [2.05, 4.69) is 35.1 Å². The number of carbonyl (C=O) groups is 1. The van der Waals surface area contributed by atoms with E-state index in [0.29, 0.717) is 11.6 Å². The van der Waals surface area contributed by atoms with Crippen LogP contribution in [0.15, 0.2) is 30.6 Å². The van der Waals surface area contributed by atoms with Crippen molar-refractivity contribution in [1.82, 2.24) is 19.6 Å². The van der Waals surface area contributed by atoms with Gasteiger partial charge in [-0.1, -0.05) is 12.1 Å². The summed E-state index contributed by atoms with van der Waals surface area (Å²) in [5.74, 6) is 1.11. The average molecular weight is 340 g/mol. The summed E-state index contributed by atoms with van der Waals surface area (Å²) in [7, 11) is 1.83. The molecule has 0 radical (unpaired) electrons. The first-order valence-corrected chi connectivity index (χ1v) is 8.89. The number of amides is 1. The Bertz CT molecular complexity index is 777. The summed E-state index contributed by atoms with van der Waals surface area (Å²) >= 11 is 0. The molecule has 0 spiro atoms. The van der Waals surface area contributed by atoms with Crippen molar-refractivity contribution < 1.29 is 9.53 Å². The zero-order chi connectivity index (χ0) is 17.4. The summed E-state index contributed by atoms with van der Waals surface area (Å²) in [5.41, 5.74) is 3.26. The minimum atomic E-state index is 0.0753. The highest BCUT2D eigenvalue weighted by Gasteiger charge is 2.26. The summed E-state index contributed by atoms with van der Waals surface area (Å²) in [5, 5.41) is 4.09. The predicted molar refractivity (Wildman–Crippen MR) is 94.7 cm³/mol. The summed E-state index contributed by atoms with van der Waals surface area (Å²) in [6.45, 7) is 6.28. The van der Waals surface area contributed by atoms with Crippen molar-refractivity contribution in [3.8, 4) is 5.75 Å². The van der Waals surface area contributed by atoms with Crippen molar-refractivity contribution in [3.05, 3.63) is 47.3 Å². The van der Waals surface area contributed by atoms with Gasteiger partial charge in [0.2, 0.25) is 0 Å². The molecule has 2 aliphatic rings. The van der Waals surface area contributed by atoms with Gasteiger partial charge in [-0.2, -0.15) is 5.10 Å². The van der Waals surface area contributed by atoms with E-state index in [-0.39, 0.29) is 5.91 Å². The highest BCUT2D eigenvalue weighted by atomic mass is 16.5. The molecular formula is C19H24N4O2. The van der Waals surface area contributed by atoms with Crippen LogP contribution in [0.4, 0.5) is 0 Å². The van der Waals surface area contributed by atoms with Gasteiger partial charge in [0.05, 0.1) is 18.4 Å². The molecule has 1 saturated heterocycles. The number of ether oxygens (including phenoxy) is 1. The lowest BCUT2D eigenvalue weighted by atomic mass is 10.0. The molecule has 1 fully saturated rings. The second-order valence-corrected chi connectivity index (χ2v) is 6.87. The number of nitrogens with zero attached hydrogens (tertiary/aromatic N) is 4. The Balaban J connectivity index is 1.39. The number of piperazine rings is 1. The molecule has 6 heteroatoms. The first-order chi connectivity index (χ1) is 12.1. The molecule has 1 unspecified atom stereocenters. The number of benzene rings is 1. The number of hydrogen-bond donors (Lipinski definition) is 0. The van der Waals surface area contributed by atoms with Gasteiger partial charge in [0, 0.05) is 51.9 Å². The minimum absolute atomic E-state index is 0.0753. The van der Waals surface area contributed by atoms with E-state index >= 15 is 0 Å². The molecule has 2 aliphatic heterocycles. The zero-order valence-electron chi connectivity index (χ0n) is 14.8. The fourth-order valence-electron chi connectivity index (χ4n) is 3.68. The van der Waals surface area contributed by atoms with Crippen molar-refractivity contribution in [2.24, 2.45) is 7.05 Å². The molecule has 0 aliphatic carbocycles. The maximum Gasteiger partial charge on any atom is 0.257 e. The maximum atomic E-state index is 12.5. The first-order valence-electron chi connectivity index (χ1n) is 8.89. The number of aryl methyl sites for hydroxylation is 1. The topological polar surface area (TPSA) is 50.6 Å². The molecule has 4 rings (SSSR count). The van der Waals surface area contributed by atoms with Crippen LogP contribution >= 0.6 is 0 Å². The Morgan fingerprint density at radius 3 is 2.76 bits per heavy atom. The average Bonchev–Trinajstić information content (AvgIpc) is 3.28. The Morgan fingerprint density at radius 2 is 2.04 bits per heavy atom. The summed E-state index contributed by atoms with van der Waals surface area (Å²) < 4.78 is 7.36. The molecule has 25 heavy (non-hydrogen) atoms. The molecular weight excluding hydrogens is 316 g/mol. The lowest BCUT2D eigenvalue weighted by Crippen LogP contribution is -2.49. The normalized spacial score (nSPS) is 18.7. The van der Waals surface area contributed by atoms with Crippen LogP contribution in [0.3, 0.4) is 0 Å². The van der Waals surface area contributed by atoms with Gasteiger partial charge in [-0.15, -0.1) is 0 Å². The van der Waals surface area contributed by atoms with E-state index in [9.17, 15) is 4.79 Å². The minimum Gasteiger partial charge on any atom is -0.493 e. The zero-order valence-corrected chi connectivity index (χ0v) is 14.8. The van der Waals surface area contributed by atoms with E-state index in [0.717, 1.165) is 45.0 Å². The van der Waals surface area contributed by atoms with Gasteiger partial charge in [0.25, 0.3) is 5.91 Å². The molecule has 2 aromatic rings. The molecule has 3 heterocycles. The first kappa shape index (κ1) is 16.1. The number of aromatic nitrogens is 2. The third-order valence-corrected chi connectivity index (χ3v) is 5.30. The highest BCUT2D eigenvalue weighted by Crippen LogP contribution is 2.31. The van der Waals surface area contributed by atoms with Gasteiger partial charge in [0.15, 0.2) is 0 Å². The van der Waals surface area contributed by atoms with Gasteiger partial charge in [-0.25, -0.2) is 0 Å². The van der Waals surface area contributed by atoms with Crippen LogP contribution in [0.2, 0.25) is 0 Å². The van der Waals surface area contributed by atoms with Gasteiger partial charge >= 0.3 is 0 Å². The smallest absolute Gasteiger partial charge is 0.257 e. The lowest BCUT2D eigenvalue weighted by molar-refractivity contribution is 0.0582. The Hall–Kier alpha value is -2.34. The van der Waals surface area contributed by atoms with Crippen molar-refractivity contribution in [1.29, 1.82) is 0 Å². The largest absolute Gasteiger partial charge is 0.493 e. The van der Waals surface area contributed by atoms with E-state index in [1.807, 2.05) is 11.9 Å². The molecule has 0 N–H and O–H groups in total. The third kappa shape index (κ3) is 3.14. The number of rotatable bonds is 3. The monoisotopic (exact) mass is 340 g/mol. The van der Waals surface area contributed by atoms with Crippen LogP contribution in [0.1, 0.15) is 34.5 Å². The van der Waals surface area contributed by atoms with Crippen LogP contribution in [0.25, 0.3) is 0 Å². The van der Waals surface area contributed by atoms with E-state index in [1.165, 1.54) is 11.1 Å². The standard InChI is InChI=1S/C19H24N4O2/c1-14(16-4-3-15-5-10-25-18(15)11-16)22-6-8-23(9-7-22)19(24)17-12-20-21(2)13-17/h3-4,11-14H,5-10H2,1-2H3. The fourth-order valence-corrected chi connectivity index (χ4v) is 3.68. The van der Waals surface area contributed by atoms with Crippen LogP contribution in [-0.2, 0) is 13.5 Å². The highest BCUT2D eigenvalue weighted by molar-refractivity contribution is 5.93. The number of hydrogen-bond acceptors (Lipinski definition) is 4. The van der Waals surface area contributed by atoms with Crippen molar-refractivity contribution in [2.45, 2.75) is 19.4 Å². The second kappa shape index (κ2) is 6.52. The van der Waals surface area contributed by atoms with Crippen molar-refractivity contribution in [2.75, 3.05) is 32.8 Å². The summed E-state index contributed by atoms with van der Waals surface area (Å²) in [4.78, 5) is 16.9. The van der Waals surface area contributed by atoms with Gasteiger partial charge < -0.3 is 9.64 Å². The lowest BCUT2D eigenvalue weighted by Gasteiger charge is -2.38. The molecule has 0 saturated carbocycles. The summed E-state index contributed by atoms with van der Waals surface area (Å²) in [6, 6.07) is 6.91. The number of fused-ring (bicyclic) bond motifs is 1. The third-order valence-electron chi connectivity index (χ3n) is 5.30. The molecule has 1 aromatic carbocycles. The Kier molecular flexibility index (Phi) is 4.21. The second-order valence-electron chi connectivity index (χ2n) is 6.87. The van der Waals surface area contributed by atoms with Crippen LogP contribution in [0.5, 0.6) is 5.75 Å². The van der Waals surface area contributed by atoms with Gasteiger partial charge in [-0.05, 0) is 24.1 Å². The molecule has 0 bridgehead atoms. The van der Waals surface area contributed by atoms with Crippen molar-refractivity contribution in [3.63, 3.8) is 0 Å². The van der Waals surface area contributed by atoms with E-state index in [1.54, 1.807) is 17.1 Å². The van der Waals surface area contributed by atoms with E-state index < -0.39 is 0 Å². The predicted octanol–water partition coefficient (Wildman–Crippen LogP) is 1.87. The quantitative estimate of drug-likeness (QED) is 0.856. The maximum absolute atomic E-state index is 12.5. The number of carbonyl (C=O) groups excluding carboxylic acids is 1. The van der Waals surface area contributed by atoms with Crippen LogP contribution in [0, 0.1) is 0 Å². The SMILES string of the molecule is CC(c1ccc2c(c1)OCC2)N1CCN(C(=O)c2cnn(C)c2)CC1. The molecule has 1 aromatic heterocycles.